The van der Waals surface area contributed by atoms with Crippen molar-refractivity contribution in [2.24, 2.45) is 0 Å². The van der Waals surface area contributed by atoms with E-state index in [4.69, 9.17) is 28.5 Å². The summed E-state index contributed by atoms with van der Waals surface area (Å²) in [6.07, 6.45) is 13.0. The molecule has 8 heteroatoms. The number of benzene rings is 3. The van der Waals surface area contributed by atoms with Crippen LogP contribution in [0, 0.1) is 27.7 Å². The Morgan fingerprint density at radius 2 is 1.47 bits per heavy atom. The van der Waals surface area contributed by atoms with Crippen LogP contribution in [0.25, 0.3) is 5.69 Å². The van der Waals surface area contributed by atoms with Gasteiger partial charge in [-0.2, -0.15) is 4.57 Å². The Bertz CT molecular complexity index is 1510. The first-order valence-electron chi connectivity index (χ1n) is 15.1. The third-order valence-corrected chi connectivity index (χ3v) is 7.16. The van der Waals surface area contributed by atoms with Crippen molar-refractivity contribution in [3.05, 3.63) is 137 Å². The number of aryl methyl sites for hydroxylation is 6. The van der Waals surface area contributed by atoms with Crippen LogP contribution in [0.15, 0.2) is 104 Å². The van der Waals surface area contributed by atoms with Gasteiger partial charge in [-0.3, -0.25) is 9.55 Å². The van der Waals surface area contributed by atoms with Crippen LogP contribution in [0.4, 0.5) is 0 Å². The summed E-state index contributed by atoms with van der Waals surface area (Å²) in [5.74, 6) is 1.91. The number of hydrogen-bond acceptors (Lipinski definition) is 3. The van der Waals surface area contributed by atoms with Gasteiger partial charge in [0.25, 0.3) is 0 Å². The number of nitrogens with zero attached hydrogens (tertiary/aromatic N) is 3. The molecule has 243 valence electrons. The number of imidazole rings is 1. The van der Waals surface area contributed by atoms with Crippen molar-refractivity contribution in [2.75, 3.05) is 6.61 Å². The first-order valence-corrected chi connectivity index (χ1v) is 19.1. The summed E-state index contributed by atoms with van der Waals surface area (Å²) in [5.41, 5.74) is 8.71. The Balaban J connectivity index is 0.000000533. The molecule has 0 aliphatic heterocycles. The van der Waals surface area contributed by atoms with Crippen molar-refractivity contribution in [1.29, 1.82) is 0 Å². The maximum atomic E-state index is 6.26. The molecular formula is C37H44Cl2N3O2Pd. The van der Waals surface area contributed by atoms with Gasteiger partial charge in [-0.1, -0.05) is 43.3 Å². The van der Waals surface area contributed by atoms with Crippen molar-refractivity contribution < 1.29 is 25.4 Å². The third-order valence-electron chi connectivity index (χ3n) is 7.16. The van der Waals surface area contributed by atoms with E-state index in [1.807, 2.05) is 36.4 Å². The molecule has 5 aromatic rings. The van der Waals surface area contributed by atoms with Crippen LogP contribution in [0.3, 0.4) is 0 Å². The van der Waals surface area contributed by atoms with Gasteiger partial charge in [0.1, 0.15) is 36.2 Å². The molecule has 0 aliphatic rings. The van der Waals surface area contributed by atoms with Crippen LogP contribution < -0.4 is 9.47 Å². The molecular weight excluding hydrogens is 696 g/mol. The predicted octanol–water partition coefficient (Wildman–Crippen LogP) is 10.3. The Morgan fingerprint density at radius 3 is 2.07 bits per heavy atom. The number of hydrogen-bond donors (Lipinski definition) is 0. The summed E-state index contributed by atoms with van der Waals surface area (Å²) in [5, 5.41) is 0. The van der Waals surface area contributed by atoms with E-state index in [2.05, 4.69) is 104 Å². The first-order chi connectivity index (χ1) is 21.9. The SMILES string of the molecule is CCc1cc(OCc2ccccc2)cc(C)c1OCCCCn1ccn(-c2c(C)cc(C)cc2C)[cH+]1.[Cl][Pd-][Cl].c1ccncc1. The molecule has 0 amide bonds. The Hall–Kier alpha value is -3.14. The second-order valence-electron chi connectivity index (χ2n) is 10.8. The van der Waals surface area contributed by atoms with E-state index in [0.717, 1.165) is 49.5 Å². The smallest absolute Gasteiger partial charge is 0.0267 e. The fraction of sp³-hybridized carbons (Fsp3) is 0.297. The molecule has 5 rings (SSSR count). The van der Waals surface area contributed by atoms with Crippen LogP contribution in [0.1, 0.15) is 53.1 Å². The average Bonchev–Trinajstić information content (AvgIpc) is 3.50. The molecule has 0 bridgehead atoms. The number of rotatable bonds is 11. The molecule has 0 atom stereocenters. The summed E-state index contributed by atoms with van der Waals surface area (Å²) in [6, 6.07) is 24.7. The van der Waals surface area contributed by atoms with Gasteiger partial charge in [-0.25, -0.2) is 0 Å². The molecule has 0 aliphatic carbocycles. The van der Waals surface area contributed by atoms with Crippen LogP contribution in [-0.2, 0) is 35.5 Å². The third kappa shape index (κ3) is 12.3. The van der Waals surface area contributed by atoms with Crippen molar-refractivity contribution in [1.82, 2.24) is 14.1 Å². The molecule has 0 saturated heterocycles. The molecule has 5 nitrogen and oxygen atoms in total. The molecule has 0 N–H and O–H groups in total. The van der Waals surface area contributed by atoms with E-state index in [9.17, 15) is 0 Å². The molecule has 0 radical (unpaired) electrons. The topological polar surface area (TPSA) is 41.2 Å². The van der Waals surface area contributed by atoms with Gasteiger partial charge < -0.3 is 9.47 Å². The van der Waals surface area contributed by atoms with E-state index in [-0.39, 0.29) is 15.9 Å². The maximum Gasteiger partial charge on any atom is 0.0267 e. The number of halogens is 2. The minimum absolute atomic E-state index is 0.106. The van der Waals surface area contributed by atoms with Crippen molar-refractivity contribution in [3.8, 4) is 17.2 Å². The quantitative estimate of drug-likeness (QED) is 0.0770. The number of aromatic nitrogens is 3. The zero-order valence-corrected chi connectivity index (χ0v) is 29.9. The van der Waals surface area contributed by atoms with Gasteiger partial charge in [0.15, 0.2) is 6.33 Å². The number of unbranched alkanes of at least 4 members (excludes halogenated alkanes) is 1. The van der Waals surface area contributed by atoms with Crippen molar-refractivity contribution >= 4 is 19.1 Å². The van der Waals surface area contributed by atoms with Gasteiger partial charge in [-0.05, 0) is 106 Å². The maximum absolute atomic E-state index is 6.26. The summed E-state index contributed by atoms with van der Waals surface area (Å²) in [4.78, 5) is 3.78. The minimum atomic E-state index is -0.106. The number of pyridine rings is 1. The van der Waals surface area contributed by atoms with E-state index < -0.39 is 0 Å². The van der Waals surface area contributed by atoms with E-state index >= 15 is 0 Å². The van der Waals surface area contributed by atoms with Gasteiger partial charge in [0.2, 0.25) is 0 Å². The normalized spacial score (nSPS) is 10.4. The Labute approximate surface area is 285 Å². The summed E-state index contributed by atoms with van der Waals surface area (Å²) in [7, 11) is 9.63. The molecule has 2 aromatic heterocycles. The summed E-state index contributed by atoms with van der Waals surface area (Å²) < 4.78 is 16.8. The predicted molar refractivity (Wildman–Crippen MR) is 184 cm³/mol. The fourth-order valence-corrected chi connectivity index (χ4v) is 5.23. The van der Waals surface area contributed by atoms with Crippen molar-refractivity contribution in [2.45, 2.75) is 67.0 Å². The van der Waals surface area contributed by atoms with Crippen molar-refractivity contribution in [3.63, 3.8) is 0 Å². The van der Waals surface area contributed by atoms with Gasteiger partial charge >= 0.3 is 35.0 Å². The molecule has 0 fully saturated rings. The van der Waals surface area contributed by atoms with E-state index in [0.29, 0.717) is 6.61 Å². The molecule has 45 heavy (non-hydrogen) atoms. The zero-order chi connectivity index (χ0) is 32.4. The summed E-state index contributed by atoms with van der Waals surface area (Å²) >= 11 is -0.106. The van der Waals surface area contributed by atoms with Crippen LogP contribution >= 0.6 is 19.1 Å². The molecule has 0 spiro atoms. The largest absolute Gasteiger partial charge is 0.265 e. The van der Waals surface area contributed by atoms with Crippen LogP contribution in [0.5, 0.6) is 11.5 Å². The molecule has 0 unspecified atom stereocenters. The molecule has 2 heterocycles. The van der Waals surface area contributed by atoms with Gasteiger partial charge in [0.05, 0.1) is 6.61 Å². The second kappa shape index (κ2) is 20.1. The average molecular weight is 740 g/mol. The number of ether oxygens (including phenoxy) is 2. The van der Waals surface area contributed by atoms with E-state index in [1.54, 1.807) is 12.4 Å². The standard InChI is InChI=1S/C32H39N2O2.C5H5N.2ClH.Pd/c1-6-29-21-30(36-22-28-12-8-7-9-13-28)20-27(5)32(29)35-17-11-10-14-33-15-16-34(23-33)31-25(3)18-24(2)19-26(31)4;1-2-4-6-5-3-1;;;/h7-9,12-13,15-16,18-21,23H,6,10-11,14,17,22H2,1-5H3;1-5H;2*1H;/q+1;;;;+1/p-2. The van der Waals surface area contributed by atoms with Gasteiger partial charge in [0, 0.05) is 30.1 Å². The molecule has 0 saturated carbocycles. The minimum Gasteiger partial charge on any atom is -0.265 e. The Morgan fingerprint density at radius 1 is 0.800 bits per heavy atom. The van der Waals surface area contributed by atoms with Crippen LogP contribution in [-0.4, -0.2) is 20.7 Å². The second-order valence-corrected chi connectivity index (χ2v) is 13.1. The molecule has 3 aromatic carbocycles. The Kier molecular flexibility index (Phi) is 16.2. The van der Waals surface area contributed by atoms with E-state index in [1.165, 1.54) is 33.5 Å². The van der Waals surface area contributed by atoms with Gasteiger partial charge in [-0.15, -0.1) is 0 Å². The fourth-order valence-electron chi connectivity index (χ4n) is 5.23. The monoisotopic (exact) mass is 738 g/mol. The summed E-state index contributed by atoms with van der Waals surface area (Å²) in [6.45, 7) is 13.1. The van der Waals surface area contributed by atoms with Crippen LogP contribution in [0.2, 0.25) is 0 Å². The zero-order valence-electron chi connectivity index (χ0n) is 26.8. The first kappa shape index (κ1) is 36.3.